The first-order valence-electron chi connectivity index (χ1n) is 9.92. The van der Waals surface area contributed by atoms with Crippen LogP contribution in [0.1, 0.15) is 36.9 Å². The molecule has 0 aliphatic carbocycles. The van der Waals surface area contributed by atoms with Gasteiger partial charge in [-0.05, 0) is 61.1 Å². The van der Waals surface area contributed by atoms with Crippen molar-refractivity contribution >= 4 is 58.8 Å². The van der Waals surface area contributed by atoms with E-state index in [2.05, 4.69) is 39.5 Å². The average molecular weight is 563 g/mol. The van der Waals surface area contributed by atoms with E-state index in [4.69, 9.17) is 28.9 Å². The van der Waals surface area contributed by atoms with Crippen molar-refractivity contribution in [3.05, 3.63) is 63.6 Å². The van der Waals surface area contributed by atoms with E-state index in [0.717, 1.165) is 37.1 Å². The van der Waals surface area contributed by atoms with E-state index in [9.17, 15) is 5.11 Å². The molecule has 0 spiro atoms. The quantitative estimate of drug-likeness (QED) is 0.263. The lowest BCUT2D eigenvalue weighted by molar-refractivity contribution is 0.203. The molecule has 1 fully saturated rings. The molecule has 1 aliphatic rings. The highest BCUT2D eigenvalue weighted by Gasteiger charge is 2.18. The molecule has 2 aromatic rings. The average Bonchev–Trinajstić information content (AvgIpc) is 2.72. The van der Waals surface area contributed by atoms with Crippen LogP contribution in [0.3, 0.4) is 0 Å². The Hall–Kier alpha value is -1.22. The van der Waals surface area contributed by atoms with Crippen LogP contribution in [0, 0.1) is 5.92 Å². The zero-order chi connectivity index (χ0) is 20.8. The van der Waals surface area contributed by atoms with Gasteiger partial charge in [-0.15, -0.1) is 24.0 Å². The summed E-state index contributed by atoms with van der Waals surface area (Å²) < 4.78 is 0. The summed E-state index contributed by atoms with van der Waals surface area (Å²) in [4.78, 5) is 6.81. The number of hydrogen-bond donors (Lipinski definition) is 3. The number of halogens is 3. The Morgan fingerprint density at radius 1 is 1.20 bits per heavy atom. The second kappa shape index (κ2) is 12.0. The van der Waals surface area contributed by atoms with Crippen molar-refractivity contribution < 1.29 is 5.11 Å². The van der Waals surface area contributed by atoms with Crippen LogP contribution in [0.15, 0.2) is 47.5 Å². The van der Waals surface area contributed by atoms with Gasteiger partial charge in [0.05, 0.1) is 12.6 Å². The topological polar surface area (TPSA) is 73.9 Å². The highest BCUT2D eigenvalue weighted by atomic mass is 127. The third-order valence-corrected chi connectivity index (χ3v) is 5.96. The van der Waals surface area contributed by atoms with Crippen molar-refractivity contribution in [2.24, 2.45) is 16.6 Å². The summed E-state index contributed by atoms with van der Waals surface area (Å²) in [6, 6.07) is 13.8. The molecule has 3 rings (SSSR count). The second-order valence-electron chi connectivity index (χ2n) is 7.51. The van der Waals surface area contributed by atoms with Crippen LogP contribution in [0.25, 0.3) is 0 Å². The molecular weight excluding hydrogens is 534 g/mol. The zero-order valence-corrected chi connectivity index (χ0v) is 20.9. The van der Waals surface area contributed by atoms with E-state index in [1.54, 1.807) is 6.07 Å². The summed E-state index contributed by atoms with van der Waals surface area (Å²) in [5.74, 6) is 0.819. The Morgan fingerprint density at radius 2 is 1.87 bits per heavy atom. The fourth-order valence-corrected chi connectivity index (χ4v) is 4.13. The summed E-state index contributed by atoms with van der Waals surface area (Å²) in [5.41, 5.74) is 9.29. The molecule has 4 N–H and O–H groups in total. The number of hydrogen-bond acceptors (Lipinski definition) is 3. The van der Waals surface area contributed by atoms with Gasteiger partial charge in [0.2, 0.25) is 0 Å². The predicted octanol–water partition coefficient (Wildman–Crippen LogP) is 4.99. The molecule has 0 aromatic heterocycles. The van der Waals surface area contributed by atoms with Gasteiger partial charge in [0.25, 0.3) is 0 Å². The molecule has 164 valence electrons. The van der Waals surface area contributed by atoms with E-state index >= 15 is 0 Å². The van der Waals surface area contributed by atoms with E-state index < -0.39 is 0 Å². The van der Waals surface area contributed by atoms with Gasteiger partial charge >= 0.3 is 0 Å². The van der Waals surface area contributed by atoms with Crippen LogP contribution >= 0.6 is 47.2 Å². The predicted molar refractivity (Wildman–Crippen MR) is 137 cm³/mol. The third-order valence-electron chi connectivity index (χ3n) is 5.40. The van der Waals surface area contributed by atoms with Gasteiger partial charge in [0.15, 0.2) is 5.96 Å². The number of guanidine groups is 1. The molecule has 1 heterocycles. The third kappa shape index (κ3) is 6.90. The number of benzene rings is 2. The number of anilines is 1. The molecule has 0 radical (unpaired) electrons. The number of aliphatic hydroxyl groups is 1. The normalized spacial score (nSPS) is 16.1. The zero-order valence-electron chi connectivity index (χ0n) is 17.0. The number of aliphatic hydroxyl groups excluding tert-OH is 1. The van der Waals surface area contributed by atoms with Gasteiger partial charge < -0.3 is 21.1 Å². The minimum Gasteiger partial charge on any atom is -0.396 e. The maximum atomic E-state index is 9.27. The summed E-state index contributed by atoms with van der Waals surface area (Å²) >= 11 is 12.2. The van der Waals surface area contributed by atoms with Gasteiger partial charge in [-0.3, -0.25) is 0 Å². The largest absolute Gasteiger partial charge is 0.396 e. The molecule has 0 amide bonds. The number of piperidine rings is 1. The van der Waals surface area contributed by atoms with Gasteiger partial charge in [-0.2, -0.15) is 0 Å². The van der Waals surface area contributed by atoms with Crippen LogP contribution < -0.4 is 16.0 Å². The Bertz CT molecular complexity index is 840. The fourth-order valence-electron chi connectivity index (χ4n) is 3.56. The Kier molecular flexibility index (Phi) is 10.0. The number of nitrogens with two attached hydrogens (primary N) is 1. The molecule has 2 aromatic carbocycles. The number of rotatable bonds is 6. The van der Waals surface area contributed by atoms with Crippen LogP contribution in [0.4, 0.5) is 5.69 Å². The molecular formula is C22H29Cl2IN4O. The van der Waals surface area contributed by atoms with E-state index in [1.807, 2.05) is 19.1 Å². The van der Waals surface area contributed by atoms with Crippen molar-refractivity contribution in [2.45, 2.75) is 32.4 Å². The fraction of sp³-hybridized carbons (Fsp3) is 0.409. The summed E-state index contributed by atoms with van der Waals surface area (Å²) in [5, 5.41) is 13.7. The Labute approximate surface area is 205 Å². The standard InChI is InChI=1S/C22H28Cl2N4O.HI/c1-15(20-7-4-18(23)12-21(20)24)27-22(25)26-13-16-2-5-19(6-3-16)28-10-8-17(14-29)9-11-28;/h2-7,12,15,17,29H,8-11,13-14H2,1H3,(H3,25,26,27);1H. The molecule has 1 aliphatic heterocycles. The van der Waals surface area contributed by atoms with Crippen LogP contribution in [0.5, 0.6) is 0 Å². The van der Waals surface area contributed by atoms with Crippen LogP contribution in [-0.2, 0) is 6.54 Å². The highest BCUT2D eigenvalue weighted by Crippen LogP contribution is 2.26. The molecule has 8 heteroatoms. The first-order chi connectivity index (χ1) is 14.0. The smallest absolute Gasteiger partial charge is 0.189 e. The Balaban J connectivity index is 0.00000320. The van der Waals surface area contributed by atoms with Gasteiger partial charge in [-0.25, -0.2) is 4.99 Å². The second-order valence-corrected chi connectivity index (χ2v) is 8.36. The van der Waals surface area contributed by atoms with Crippen molar-refractivity contribution in [1.82, 2.24) is 5.32 Å². The monoisotopic (exact) mass is 562 g/mol. The minimum absolute atomic E-state index is 0. The molecule has 5 nitrogen and oxygen atoms in total. The van der Waals surface area contributed by atoms with E-state index in [0.29, 0.717) is 35.1 Å². The Morgan fingerprint density at radius 3 is 2.47 bits per heavy atom. The summed E-state index contributed by atoms with van der Waals surface area (Å²) in [6.07, 6.45) is 2.08. The van der Waals surface area contributed by atoms with Crippen molar-refractivity contribution in [1.29, 1.82) is 0 Å². The van der Waals surface area contributed by atoms with Crippen molar-refractivity contribution in [3.8, 4) is 0 Å². The molecule has 1 atom stereocenters. The molecule has 0 bridgehead atoms. The number of aliphatic imine (C=N–C) groups is 1. The molecule has 30 heavy (non-hydrogen) atoms. The molecule has 1 unspecified atom stereocenters. The minimum atomic E-state index is -0.0762. The van der Waals surface area contributed by atoms with Crippen LogP contribution in [-0.4, -0.2) is 30.8 Å². The molecule has 0 saturated carbocycles. The van der Waals surface area contributed by atoms with E-state index in [-0.39, 0.29) is 30.0 Å². The first kappa shape index (κ1) is 25.0. The summed E-state index contributed by atoms with van der Waals surface area (Å²) in [6.45, 7) is 4.76. The van der Waals surface area contributed by atoms with Gasteiger partial charge in [-0.1, -0.05) is 41.4 Å². The van der Waals surface area contributed by atoms with Crippen molar-refractivity contribution in [2.75, 3.05) is 24.6 Å². The van der Waals surface area contributed by atoms with Crippen molar-refractivity contribution in [3.63, 3.8) is 0 Å². The van der Waals surface area contributed by atoms with Gasteiger partial charge in [0, 0.05) is 35.4 Å². The lowest BCUT2D eigenvalue weighted by Crippen LogP contribution is -2.34. The van der Waals surface area contributed by atoms with Crippen LogP contribution in [0.2, 0.25) is 10.0 Å². The van der Waals surface area contributed by atoms with E-state index in [1.165, 1.54) is 5.69 Å². The lowest BCUT2D eigenvalue weighted by Gasteiger charge is -2.32. The molecule has 1 saturated heterocycles. The van der Waals surface area contributed by atoms with Gasteiger partial charge in [0.1, 0.15) is 0 Å². The first-order valence-corrected chi connectivity index (χ1v) is 10.7. The maximum Gasteiger partial charge on any atom is 0.189 e. The maximum absolute atomic E-state index is 9.27. The number of nitrogens with one attached hydrogen (secondary N) is 1. The summed E-state index contributed by atoms with van der Waals surface area (Å²) in [7, 11) is 0. The highest BCUT2D eigenvalue weighted by molar-refractivity contribution is 14.0. The number of nitrogens with zero attached hydrogens (tertiary/aromatic N) is 2. The lowest BCUT2D eigenvalue weighted by atomic mass is 9.97. The SMILES string of the molecule is CC(NC(N)=NCc1ccc(N2CCC(CO)CC2)cc1)c1ccc(Cl)cc1Cl.I.